The van der Waals surface area contributed by atoms with Gasteiger partial charge in [-0.3, -0.25) is 0 Å². The molecule has 0 aliphatic heterocycles. The molecule has 0 saturated heterocycles. The molecule has 0 radical (unpaired) electrons. The molecule has 0 spiro atoms. The standard InChI is InChI=1S/C15H20F3N/c1-3-11-5-4-6-13(11)19-14-9-12(15(16,17)18)8-7-10(14)2/h7-9,11,13,19H,3-6H2,1-2H3. The van der Waals surface area contributed by atoms with E-state index < -0.39 is 11.7 Å². The molecule has 1 N–H and O–H groups in total. The van der Waals surface area contributed by atoms with Crippen LogP contribution in [0.5, 0.6) is 0 Å². The summed E-state index contributed by atoms with van der Waals surface area (Å²) in [4.78, 5) is 0. The quantitative estimate of drug-likeness (QED) is 0.815. The molecule has 1 aliphatic rings. The van der Waals surface area contributed by atoms with Crippen LogP contribution in [0.3, 0.4) is 0 Å². The van der Waals surface area contributed by atoms with Crippen molar-refractivity contribution in [2.24, 2.45) is 5.92 Å². The van der Waals surface area contributed by atoms with E-state index in [1.54, 1.807) is 6.07 Å². The molecule has 2 atom stereocenters. The fraction of sp³-hybridized carbons (Fsp3) is 0.600. The Labute approximate surface area is 112 Å². The zero-order chi connectivity index (χ0) is 14.0. The lowest BCUT2D eigenvalue weighted by atomic mass is 9.99. The van der Waals surface area contributed by atoms with E-state index >= 15 is 0 Å². The lowest BCUT2D eigenvalue weighted by molar-refractivity contribution is -0.137. The summed E-state index contributed by atoms with van der Waals surface area (Å²) in [6.07, 6.45) is 0.189. The van der Waals surface area contributed by atoms with Gasteiger partial charge in [0, 0.05) is 11.7 Å². The van der Waals surface area contributed by atoms with Gasteiger partial charge >= 0.3 is 6.18 Å². The summed E-state index contributed by atoms with van der Waals surface area (Å²) >= 11 is 0. The van der Waals surface area contributed by atoms with Crippen molar-refractivity contribution in [1.29, 1.82) is 0 Å². The van der Waals surface area contributed by atoms with Gasteiger partial charge in [0.2, 0.25) is 0 Å². The van der Waals surface area contributed by atoms with Gasteiger partial charge in [0.15, 0.2) is 0 Å². The number of alkyl halides is 3. The van der Waals surface area contributed by atoms with Gasteiger partial charge in [-0.2, -0.15) is 13.2 Å². The van der Waals surface area contributed by atoms with E-state index in [1.165, 1.54) is 12.5 Å². The van der Waals surface area contributed by atoms with Crippen LogP contribution >= 0.6 is 0 Å². The highest BCUT2D eigenvalue weighted by Gasteiger charge is 2.31. The number of halogens is 3. The van der Waals surface area contributed by atoms with Crippen LogP contribution in [0.25, 0.3) is 0 Å². The van der Waals surface area contributed by atoms with E-state index in [-0.39, 0.29) is 0 Å². The van der Waals surface area contributed by atoms with Crippen LogP contribution in [0.1, 0.15) is 43.7 Å². The van der Waals surface area contributed by atoms with E-state index in [2.05, 4.69) is 12.2 Å². The normalized spacial score (nSPS) is 23.6. The summed E-state index contributed by atoms with van der Waals surface area (Å²) < 4.78 is 38.2. The molecule has 0 bridgehead atoms. The molecule has 2 unspecified atom stereocenters. The first kappa shape index (κ1) is 14.2. The predicted octanol–water partition coefficient (Wildman–Crippen LogP) is 5.00. The highest BCUT2D eigenvalue weighted by Crippen LogP contribution is 2.35. The first-order chi connectivity index (χ1) is 8.91. The van der Waals surface area contributed by atoms with Gasteiger partial charge in [-0.25, -0.2) is 0 Å². The van der Waals surface area contributed by atoms with Crippen molar-refractivity contribution in [3.63, 3.8) is 0 Å². The van der Waals surface area contributed by atoms with Crippen molar-refractivity contribution in [2.75, 3.05) is 5.32 Å². The van der Waals surface area contributed by atoms with E-state index in [4.69, 9.17) is 0 Å². The average molecular weight is 271 g/mol. The second-order valence-corrected chi connectivity index (χ2v) is 5.38. The molecule has 1 aromatic rings. The number of hydrogen-bond acceptors (Lipinski definition) is 1. The van der Waals surface area contributed by atoms with Gasteiger partial charge in [-0.15, -0.1) is 0 Å². The summed E-state index contributed by atoms with van der Waals surface area (Å²) in [6.45, 7) is 3.99. The third kappa shape index (κ3) is 3.23. The molecule has 1 fully saturated rings. The topological polar surface area (TPSA) is 12.0 Å². The van der Waals surface area contributed by atoms with Gasteiger partial charge in [0.25, 0.3) is 0 Å². The van der Waals surface area contributed by atoms with Crippen LogP contribution in [-0.2, 0) is 6.18 Å². The van der Waals surface area contributed by atoms with Crippen LogP contribution in [0, 0.1) is 12.8 Å². The Morgan fingerprint density at radius 1 is 1.26 bits per heavy atom. The molecule has 0 aromatic heterocycles. The molecule has 1 saturated carbocycles. The minimum absolute atomic E-state index is 0.312. The number of anilines is 1. The summed E-state index contributed by atoms with van der Waals surface area (Å²) in [5, 5.41) is 3.32. The molecule has 0 heterocycles. The smallest absolute Gasteiger partial charge is 0.382 e. The maximum Gasteiger partial charge on any atom is 0.416 e. The highest BCUT2D eigenvalue weighted by molar-refractivity contribution is 5.54. The fourth-order valence-corrected chi connectivity index (χ4v) is 2.87. The first-order valence-electron chi connectivity index (χ1n) is 6.86. The summed E-state index contributed by atoms with van der Waals surface area (Å²) in [5.41, 5.74) is 0.918. The molecule has 2 rings (SSSR count). The minimum atomic E-state index is -4.27. The number of aryl methyl sites for hydroxylation is 1. The van der Waals surface area contributed by atoms with Crippen molar-refractivity contribution >= 4 is 5.69 Å². The predicted molar refractivity (Wildman–Crippen MR) is 71.2 cm³/mol. The van der Waals surface area contributed by atoms with Crippen molar-refractivity contribution in [2.45, 2.75) is 51.7 Å². The zero-order valence-corrected chi connectivity index (χ0v) is 11.3. The van der Waals surface area contributed by atoms with E-state index in [1.807, 2.05) is 6.92 Å². The largest absolute Gasteiger partial charge is 0.416 e. The molecule has 4 heteroatoms. The summed E-state index contributed by atoms with van der Waals surface area (Å²) in [5.74, 6) is 0.578. The highest BCUT2D eigenvalue weighted by atomic mass is 19.4. The number of rotatable bonds is 3. The van der Waals surface area contributed by atoms with Crippen molar-refractivity contribution in [3.8, 4) is 0 Å². The van der Waals surface area contributed by atoms with E-state index in [0.717, 1.165) is 30.9 Å². The van der Waals surface area contributed by atoms with Crippen LogP contribution < -0.4 is 5.32 Å². The Balaban J connectivity index is 2.20. The van der Waals surface area contributed by atoms with Gasteiger partial charge in [-0.1, -0.05) is 25.8 Å². The summed E-state index contributed by atoms with van der Waals surface area (Å²) in [7, 11) is 0. The van der Waals surface area contributed by atoms with Gasteiger partial charge in [0.1, 0.15) is 0 Å². The Hall–Kier alpha value is -1.19. The summed E-state index contributed by atoms with van der Waals surface area (Å²) in [6, 6.07) is 4.24. The molecule has 0 amide bonds. The minimum Gasteiger partial charge on any atom is -0.382 e. The fourth-order valence-electron chi connectivity index (χ4n) is 2.87. The molecule has 1 aromatic carbocycles. The van der Waals surface area contributed by atoms with Gasteiger partial charge in [0.05, 0.1) is 5.56 Å². The van der Waals surface area contributed by atoms with E-state index in [0.29, 0.717) is 17.6 Å². The number of hydrogen-bond donors (Lipinski definition) is 1. The number of nitrogens with one attached hydrogen (secondary N) is 1. The molecule has 1 aliphatic carbocycles. The van der Waals surface area contributed by atoms with Crippen molar-refractivity contribution in [3.05, 3.63) is 29.3 Å². The average Bonchev–Trinajstić information content (AvgIpc) is 2.77. The Morgan fingerprint density at radius 3 is 2.63 bits per heavy atom. The second-order valence-electron chi connectivity index (χ2n) is 5.38. The van der Waals surface area contributed by atoms with Gasteiger partial charge in [-0.05, 0) is 43.4 Å². The van der Waals surface area contributed by atoms with Crippen molar-refractivity contribution < 1.29 is 13.2 Å². The Morgan fingerprint density at radius 2 is 2.00 bits per heavy atom. The Bertz CT molecular complexity index is 440. The maximum absolute atomic E-state index is 12.7. The first-order valence-corrected chi connectivity index (χ1v) is 6.86. The van der Waals surface area contributed by atoms with Crippen molar-refractivity contribution in [1.82, 2.24) is 0 Å². The van der Waals surface area contributed by atoms with Crippen LogP contribution in [0.2, 0.25) is 0 Å². The van der Waals surface area contributed by atoms with Crippen LogP contribution in [0.15, 0.2) is 18.2 Å². The molecular weight excluding hydrogens is 251 g/mol. The van der Waals surface area contributed by atoms with Crippen LogP contribution in [0.4, 0.5) is 18.9 Å². The number of benzene rings is 1. The van der Waals surface area contributed by atoms with Crippen LogP contribution in [-0.4, -0.2) is 6.04 Å². The molecule has 1 nitrogen and oxygen atoms in total. The molecule has 106 valence electrons. The lowest BCUT2D eigenvalue weighted by Crippen LogP contribution is -2.24. The maximum atomic E-state index is 12.7. The Kier molecular flexibility index (Phi) is 4.07. The molecular formula is C15H20F3N. The SMILES string of the molecule is CCC1CCCC1Nc1cc(C(F)(F)F)ccc1C. The zero-order valence-electron chi connectivity index (χ0n) is 11.3. The third-order valence-electron chi connectivity index (χ3n) is 4.09. The lowest BCUT2D eigenvalue weighted by Gasteiger charge is -2.23. The third-order valence-corrected chi connectivity index (χ3v) is 4.09. The monoisotopic (exact) mass is 271 g/mol. The van der Waals surface area contributed by atoms with E-state index in [9.17, 15) is 13.2 Å². The second kappa shape index (κ2) is 5.43. The molecule has 19 heavy (non-hydrogen) atoms. The van der Waals surface area contributed by atoms with Gasteiger partial charge < -0.3 is 5.32 Å².